The molecule has 6 nitrogen and oxygen atoms in total. The lowest BCUT2D eigenvalue weighted by molar-refractivity contribution is -0.143. The summed E-state index contributed by atoms with van der Waals surface area (Å²) in [4.78, 5) is 37.6. The molecule has 0 bridgehead atoms. The number of nitrogens with zero attached hydrogens (tertiary/aromatic N) is 1. The van der Waals surface area contributed by atoms with Crippen molar-refractivity contribution in [2.45, 2.75) is 45.1 Å². The van der Waals surface area contributed by atoms with Crippen LogP contribution in [0.25, 0.3) is 0 Å². The first-order chi connectivity index (χ1) is 12.0. The van der Waals surface area contributed by atoms with Crippen molar-refractivity contribution in [3.8, 4) is 0 Å². The lowest BCUT2D eigenvalue weighted by Gasteiger charge is -2.32. The van der Waals surface area contributed by atoms with Crippen molar-refractivity contribution in [3.63, 3.8) is 0 Å². The van der Waals surface area contributed by atoms with Crippen LogP contribution >= 0.6 is 0 Å². The van der Waals surface area contributed by atoms with Crippen molar-refractivity contribution in [3.05, 3.63) is 35.9 Å². The molecule has 6 heteroatoms. The van der Waals surface area contributed by atoms with Gasteiger partial charge in [0.25, 0.3) is 0 Å². The van der Waals surface area contributed by atoms with Crippen LogP contribution < -0.4 is 5.32 Å². The normalized spacial score (nSPS) is 16.3. The van der Waals surface area contributed by atoms with E-state index in [1.807, 2.05) is 37.3 Å². The molecule has 1 aliphatic heterocycles. The van der Waals surface area contributed by atoms with Crippen molar-refractivity contribution in [1.29, 1.82) is 0 Å². The summed E-state index contributed by atoms with van der Waals surface area (Å²) in [7, 11) is 0. The van der Waals surface area contributed by atoms with E-state index in [9.17, 15) is 19.5 Å². The summed E-state index contributed by atoms with van der Waals surface area (Å²) in [5.41, 5.74) is 0.871. The van der Waals surface area contributed by atoms with Gasteiger partial charge in [-0.05, 0) is 24.8 Å². The topological polar surface area (TPSA) is 86.7 Å². The Balaban J connectivity index is 1.87. The molecule has 1 aromatic carbocycles. The van der Waals surface area contributed by atoms with Crippen LogP contribution in [0, 0.1) is 5.92 Å². The number of carbonyl (C=O) groups excluding carboxylic acids is 2. The highest BCUT2D eigenvalue weighted by Gasteiger charge is 2.29. The monoisotopic (exact) mass is 346 g/mol. The van der Waals surface area contributed by atoms with Crippen LogP contribution in [0.3, 0.4) is 0 Å². The van der Waals surface area contributed by atoms with Crippen LogP contribution in [0.1, 0.15) is 38.2 Å². The summed E-state index contributed by atoms with van der Waals surface area (Å²) in [5, 5.41) is 12.1. The van der Waals surface area contributed by atoms with E-state index >= 15 is 0 Å². The number of benzene rings is 1. The maximum Gasteiger partial charge on any atom is 0.326 e. The van der Waals surface area contributed by atoms with Crippen molar-refractivity contribution in [2.24, 2.45) is 5.92 Å². The molecule has 2 amide bonds. The summed E-state index contributed by atoms with van der Waals surface area (Å²) in [6.45, 7) is 3.09. The number of rotatable bonds is 7. The predicted molar refractivity (Wildman–Crippen MR) is 93.9 cm³/mol. The van der Waals surface area contributed by atoms with Gasteiger partial charge < -0.3 is 15.3 Å². The molecular weight excluding hydrogens is 320 g/mol. The molecule has 1 fully saturated rings. The second kappa shape index (κ2) is 9.20. The summed E-state index contributed by atoms with van der Waals surface area (Å²) in [6.07, 6.45) is 2.78. The van der Waals surface area contributed by atoms with E-state index in [0.717, 1.165) is 12.0 Å². The molecule has 0 aromatic heterocycles. The zero-order chi connectivity index (χ0) is 18.2. The number of nitrogens with one attached hydrogen (secondary N) is 1. The minimum Gasteiger partial charge on any atom is -0.480 e. The summed E-state index contributed by atoms with van der Waals surface area (Å²) >= 11 is 0. The molecule has 1 saturated heterocycles. The van der Waals surface area contributed by atoms with Crippen molar-refractivity contribution in [2.75, 3.05) is 13.1 Å². The fraction of sp³-hybridized carbons (Fsp3) is 0.526. The van der Waals surface area contributed by atoms with Crippen LogP contribution in [-0.2, 0) is 20.8 Å². The van der Waals surface area contributed by atoms with Crippen LogP contribution in [0.4, 0.5) is 0 Å². The van der Waals surface area contributed by atoms with Crippen molar-refractivity contribution in [1.82, 2.24) is 10.2 Å². The average Bonchev–Trinajstić information content (AvgIpc) is 2.62. The minimum atomic E-state index is -1.03. The molecule has 0 unspecified atom stereocenters. The van der Waals surface area contributed by atoms with E-state index in [1.54, 1.807) is 4.90 Å². The predicted octanol–water partition coefficient (Wildman–Crippen LogP) is 1.84. The minimum absolute atomic E-state index is 0.133. The number of piperidine rings is 1. The van der Waals surface area contributed by atoms with E-state index in [4.69, 9.17) is 0 Å². The van der Waals surface area contributed by atoms with Crippen molar-refractivity contribution >= 4 is 17.8 Å². The Hall–Kier alpha value is -2.37. The largest absolute Gasteiger partial charge is 0.480 e. The molecule has 25 heavy (non-hydrogen) atoms. The van der Waals surface area contributed by atoms with Gasteiger partial charge in [0.1, 0.15) is 6.04 Å². The van der Waals surface area contributed by atoms with E-state index in [2.05, 4.69) is 5.32 Å². The van der Waals surface area contributed by atoms with Gasteiger partial charge in [-0.2, -0.15) is 0 Å². The number of hydrogen-bond donors (Lipinski definition) is 2. The highest BCUT2D eigenvalue weighted by Crippen LogP contribution is 2.19. The van der Waals surface area contributed by atoms with E-state index in [1.165, 1.54) is 0 Å². The number of amides is 2. The fourth-order valence-electron chi connectivity index (χ4n) is 3.10. The first-order valence-corrected chi connectivity index (χ1v) is 8.86. The SMILES string of the molecule is CCCC(=O)N1CCC(C(=O)N[C@H](Cc2ccccc2)C(=O)O)CC1. The van der Waals surface area contributed by atoms with E-state index in [0.29, 0.717) is 32.4 Å². The van der Waals surface area contributed by atoms with Crippen LogP contribution in [0.15, 0.2) is 30.3 Å². The highest BCUT2D eigenvalue weighted by molar-refractivity contribution is 5.85. The number of aliphatic carboxylic acids is 1. The standard InChI is InChI=1S/C19H26N2O4/c1-2-6-17(22)21-11-9-15(10-12-21)18(23)20-16(19(24)25)13-14-7-4-3-5-8-14/h3-5,7-8,15-16H,2,6,9-13H2,1H3,(H,20,23)(H,24,25)/t16-/m1/s1. The fourth-order valence-corrected chi connectivity index (χ4v) is 3.10. The molecule has 0 aliphatic carbocycles. The van der Waals surface area contributed by atoms with Gasteiger partial charge in [-0.15, -0.1) is 0 Å². The number of carbonyl (C=O) groups is 3. The molecule has 0 spiro atoms. The maximum absolute atomic E-state index is 12.4. The van der Waals surface area contributed by atoms with Crippen LogP contribution in [-0.4, -0.2) is 46.9 Å². The molecule has 1 aromatic rings. The lowest BCUT2D eigenvalue weighted by Crippen LogP contribution is -2.48. The summed E-state index contributed by atoms with van der Waals surface area (Å²) < 4.78 is 0. The highest BCUT2D eigenvalue weighted by atomic mass is 16.4. The Labute approximate surface area is 148 Å². The average molecular weight is 346 g/mol. The smallest absolute Gasteiger partial charge is 0.326 e. The Morgan fingerprint density at radius 2 is 1.84 bits per heavy atom. The zero-order valence-electron chi connectivity index (χ0n) is 14.6. The Morgan fingerprint density at radius 1 is 1.20 bits per heavy atom. The summed E-state index contributed by atoms with van der Waals surface area (Å²) in [5.74, 6) is -1.36. The van der Waals surface area contributed by atoms with Gasteiger partial charge in [-0.25, -0.2) is 4.79 Å². The van der Waals surface area contributed by atoms with Gasteiger partial charge in [0.15, 0.2) is 0 Å². The number of likely N-dealkylation sites (tertiary alicyclic amines) is 1. The zero-order valence-corrected chi connectivity index (χ0v) is 14.6. The second-order valence-electron chi connectivity index (χ2n) is 6.49. The van der Waals surface area contributed by atoms with Crippen molar-refractivity contribution < 1.29 is 19.5 Å². The Morgan fingerprint density at radius 3 is 2.40 bits per heavy atom. The molecule has 0 radical (unpaired) electrons. The van der Waals surface area contributed by atoms with Gasteiger partial charge in [0, 0.05) is 31.8 Å². The molecule has 136 valence electrons. The number of hydrogen-bond acceptors (Lipinski definition) is 3. The number of carboxylic acids is 1. The molecular formula is C19H26N2O4. The first-order valence-electron chi connectivity index (χ1n) is 8.86. The quantitative estimate of drug-likeness (QED) is 0.789. The van der Waals surface area contributed by atoms with E-state index in [-0.39, 0.29) is 24.2 Å². The first kappa shape index (κ1) is 19.0. The van der Waals surface area contributed by atoms with Crippen LogP contribution in [0.2, 0.25) is 0 Å². The molecule has 1 atom stereocenters. The van der Waals surface area contributed by atoms with Gasteiger partial charge in [0.05, 0.1) is 0 Å². The van der Waals surface area contributed by atoms with Gasteiger partial charge in [-0.1, -0.05) is 37.3 Å². The van der Waals surface area contributed by atoms with Gasteiger partial charge in [0.2, 0.25) is 11.8 Å². The summed E-state index contributed by atoms with van der Waals surface area (Å²) in [6, 6.07) is 8.32. The Kier molecular flexibility index (Phi) is 6.98. The second-order valence-corrected chi connectivity index (χ2v) is 6.49. The maximum atomic E-state index is 12.4. The third-order valence-corrected chi connectivity index (χ3v) is 4.58. The molecule has 1 aliphatic rings. The number of carboxylic acid groups (broad SMARTS) is 1. The third kappa shape index (κ3) is 5.59. The van der Waals surface area contributed by atoms with Gasteiger partial charge >= 0.3 is 5.97 Å². The third-order valence-electron chi connectivity index (χ3n) is 4.58. The Bertz CT molecular complexity index is 595. The lowest BCUT2D eigenvalue weighted by atomic mass is 9.94. The van der Waals surface area contributed by atoms with Gasteiger partial charge in [-0.3, -0.25) is 9.59 Å². The molecule has 0 saturated carbocycles. The van der Waals surface area contributed by atoms with E-state index < -0.39 is 12.0 Å². The molecule has 2 rings (SSSR count). The molecule has 1 heterocycles. The van der Waals surface area contributed by atoms with Crippen LogP contribution in [0.5, 0.6) is 0 Å². The molecule has 2 N–H and O–H groups in total.